The highest BCUT2D eigenvalue weighted by atomic mass is 127. The third-order valence-electron chi connectivity index (χ3n) is 1.80. The van der Waals surface area contributed by atoms with Gasteiger partial charge in [0, 0.05) is 16.7 Å². The smallest absolute Gasteiger partial charge is 0.250 e. The first kappa shape index (κ1) is 12.6. The van der Waals surface area contributed by atoms with Crippen LogP contribution in [0.5, 0.6) is 0 Å². The molecule has 0 heterocycles. The van der Waals surface area contributed by atoms with Crippen molar-refractivity contribution >= 4 is 38.2 Å². The number of carbonyl (C=O) groups excluding carboxylic acids is 1. The van der Waals surface area contributed by atoms with Crippen LogP contribution in [0.25, 0.3) is 0 Å². The zero-order valence-electron chi connectivity index (χ0n) is 8.78. The zero-order chi connectivity index (χ0) is 11.6. The fraction of sp³-hybridized carbons (Fsp3) is 0.300. The van der Waals surface area contributed by atoms with Crippen LogP contribution in [0.15, 0.2) is 27.5 Å². The van der Waals surface area contributed by atoms with Crippen LogP contribution >= 0.6 is 22.6 Å². The fourth-order valence-electron chi connectivity index (χ4n) is 1.21. The summed E-state index contributed by atoms with van der Waals surface area (Å²) >= 11 is 2.11. The van der Waals surface area contributed by atoms with Crippen molar-refractivity contribution in [1.29, 1.82) is 0 Å². The van der Waals surface area contributed by atoms with Crippen molar-refractivity contribution in [2.45, 2.75) is 18.7 Å². The van der Waals surface area contributed by atoms with E-state index >= 15 is 0 Å². The Morgan fingerprint density at radius 1 is 1.47 bits per heavy atom. The summed E-state index contributed by atoms with van der Waals surface area (Å²) in [6.07, 6.45) is 1.49. The Balaban J connectivity index is 3.41. The first-order valence-corrected chi connectivity index (χ1v) is 7.32. The largest absolute Gasteiger partial charge is 0.272 e. The quantitative estimate of drug-likeness (QED) is 0.740. The summed E-state index contributed by atoms with van der Waals surface area (Å²) in [7, 11) is -2.59. The van der Waals surface area contributed by atoms with Gasteiger partial charge >= 0.3 is 0 Å². The van der Waals surface area contributed by atoms with Crippen LogP contribution in [-0.4, -0.2) is 16.4 Å². The van der Waals surface area contributed by atoms with E-state index in [9.17, 15) is 9.00 Å². The standard InChI is InChI=1S/C10H12INO2S/c1-7-4-5-10(9(11)6-7)15(3,14)12-8(2)13/h4-6H,1-3H3. The lowest BCUT2D eigenvalue weighted by atomic mass is 10.2. The number of hydrogen-bond acceptors (Lipinski definition) is 2. The Kier molecular flexibility index (Phi) is 3.88. The van der Waals surface area contributed by atoms with Crippen molar-refractivity contribution in [3.8, 4) is 0 Å². The van der Waals surface area contributed by atoms with Crippen LogP contribution in [-0.2, 0) is 14.5 Å². The molecule has 0 saturated carbocycles. The summed E-state index contributed by atoms with van der Waals surface area (Å²) in [5, 5.41) is 0. The molecule has 0 aliphatic rings. The van der Waals surface area contributed by atoms with E-state index in [4.69, 9.17) is 0 Å². The summed E-state index contributed by atoms with van der Waals surface area (Å²) in [6.45, 7) is 3.27. The van der Waals surface area contributed by atoms with Crippen molar-refractivity contribution in [1.82, 2.24) is 0 Å². The Morgan fingerprint density at radius 3 is 2.53 bits per heavy atom. The van der Waals surface area contributed by atoms with Gasteiger partial charge in [-0.3, -0.25) is 4.79 Å². The maximum absolute atomic E-state index is 12.1. The van der Waals surface area contributed by atoms with Gasteiger partial charge in [-0.25, -0.2) is 4.21 Å². The van der Waals surface area contributed by atoms with Crippen LogP contribution in [0.4, 0.5) is 0 Å². The molecule has 1 aromatic rings. The van der Waals surface area contributed by atoms with Crippen LogP contribution in [0.3, 0.4) is 0 Å². The third-order valence-corrected chi connectivity index (χ3v) is 4.83. The number of benzene rings is 1. The molecule has 0 fully saturated rings. The molecule has 15 heavy (non-hydrogen) atoms. The predicted octanol–water partition coefficient (Wildman–Crippen LogP) is 2.60. The number of nitrogens with zero attached hydrogens (tertiary/aromatic N) is 1. The predicted molar refractivity (Wildman–Crippen MR) is 69.3 cm³/mol. The lowest BCUT2D eigenvalue weighted by Crippen LogP contribution is -2.03. The highest BCUT2D eigenvalue weighted by Crippen LogP contribution is 2.20. The van der Waals surface area contributed by atoms with E-state index < -0.39 is 15.6 Å². The lowest BCUT2D eigenvalue weighted by molar-refractivity contribution is -0.115. The van der Waals surface area contributed by atoms with Gasteiger partial charge in [0.05, 0.1) is 14.6 Å². The van der Waals surface area contributed by atoms with Gasteiger partial charge in [-0.1, -0.05) is 6.07 Å². The van der Waals surface area contributed by atoms with Crippen LogP contribution in [0.2, 0.25) is 0 Å². The average molecular weight is 337 g/mol. The minimum atomic E-state index is -2.59. The molecule has 3 nitrogen and oxygen atoms in total. The van der Waals surface area contributed by atoms with Crippen molar-refractivity contribution in [3.63, 3.8) is 0 Å². The molecule has 0 aliphatic carbocycles. The van der Waals surface area contributed by atoms with Gasteiger partial charge in [0.25, 0.3) is 5.91 Å². The van der Waals surface area contributed by atoms with E-state index in [1.54, 1.807) is 6.07 Å². The molecule has 1 unspecified atom stereocenters. The monoisotopic (exact) mass is 337 g/mol. The Hall–Kier alpha value is -0.430. The molecule has 0 aromatic heterocycles. The summed E-state index contributed by atoms with van der Waals surface area (Å²) in [4.78, 5) is 11.5. The van der Waals surface area contributed by atoms with E-state index in [0.29, 0.717) is 4.90 Å². The van der Waals surface area contributed by atoms with Crippen LogP contribution in [0, 0.1) is 10.5 Å². The van der Waals surface area contributed by atoms with Gasteiger partial charge in [-0.05, 0) is 47.2 Å². The molecule has 1 atom stereocenters. The molecule has 0 radical (unpaired) electrons. The molecule has 5 heteroatoms. The third kappa shape index (κ3) is 3.27. The molecular formula is C10H12INO2S. The van der Waals surface area contributed by atoms with Crippen LogP contribution < -0.4 is 0 Å². The highest BCUT2D eigenvalue weighted by molar-refractivity contribution is 14.1. The molecule has 1 amide bonds. The van der Waals surface area contributed by atoms with Crippen LogP contribution in [0.1, 0.15) is 12.5 Å². The minimum Gasteiger partial charge on any atom is -0.272 e. The van der Waals surface area contributed by atoms with E-state index in [-0.39, 0.29) is 0 Å². The topological polar surface area (TPSA) is 46.5 Å². The van der Waals surface area contributed by atoms with Gasteiger partial charge in [-0.2, -0.15) is 4.36 Å². The average Bonchev–Trinajstić information content (AvgIpc) is 1.99. The second-order valence-corrected chi connectivity index (χ2v) is 6.74. The lowest BCUT2D eigenvalue weighted by Gasteiger charge is -2.06. The summed E-state index contributed by atoms with van der Waals surface area (Å²) < 4.78 is 16.7. The Morgan fingerprint density at radius 2 is 2.07 bits per heavy atom. The highest BCUT2D eigenvalue weighted by Gasteiger charge is 2.11. The van der Waals surface area contributed by atoms with Gasteiger partial charge < -0.3 is 0 Å². The SMILES string of the molecule is CC(=O)N=S(C)(=O)c1ccc(C)cc1I. The second-order valence-electron chi connectivity index (χ2n) is 3.35. The fourth-order valence-corrected chi connectivity index (χ4v) is 4.43. The first-order valence-electron chi connectivity index (χ1n) is 4.32. The number of amides is 1. The Bertz CT molecular complexity index is 516. The Labute approximate surface area is 104 Å². The number of hydrogen-bond donors (Lipinski definition) is 0. The number of halogens is 1. The molecule has 0 spiro atoms. The summed E-state index contributed by atoms with van der Waals surface area (Å²) in [6, 6.07) is 5.57. The normalized spacial score (nSPS) is 14.4. The van der Waals surface area contributed by atoms with Gasteiger partial charge in [0.15, 0.2) is 0 Å². The molecule has 0 bridgehead atoms. The first-order chi connectivity index (χ1) is 6.83. The summed E-state index contributed by atoms with van der Waals surface area (Å²) in [5.74, 6) is -0.404. The van der Waals surface area contributed by atoms with E-state index in [0.717, 1.165) is 9.13 Å². The zero-order valence-corrected chi connectivity index (χ0v) is 11.8. The number of rotatable bonds is 1. The van der Waals surface area contributed by atoms with Gasteiger partial charge in [0.2, 0.25) is 0 Å². The number of carbonyl (C=O) groups is 1. The maximum atomic E-state index is 12.1. The molecular weight excluding hydrogens is 325 g/mol. The molecule has 1 rings (SSSR count). The van der Waals surface area contributed by atoms with E-state index in [2.05, 4.69) is 27.0 Å². The second kappa shape index (κ2) is 4.61. The molecule has 0 saturated heterocycles. The van der Waals surface area contributed by atoms with E-state index in [1.165, 1.54) is 13.2 Å². The maximum Gasteiger partial charge on any atom is 0.250 e. The summed E-state index contributed by atoms with van der Waals surface area (Å²) in [5.41, 5.74) is 1.10. The minimum absolute atomic E-state index is 0.404. The van der Waals surface area contributed by atoms with Crippen molar-refractivity contribution < 1.29 is 9.00 Å². The molecule has 82 valence electrons. The van der Waals surface area contributed by atoms with Gasteiger partial charge in [-0.15, -0.1) is 0 Å². The van der Waals surface area contributed by atoms with E-state index in [1.807, 2.05) is 19.1 Å². The van der Waals surface area contributed by atoms with Crippen molar-refractivity contribution in [3.05, 3.63) is 27.3 Å². The number of aryl methyl sites for hydroxylation is 1. The van der Waals surface area contributed by atoms with Crippen molar-refractivity contribution in [2.24, 2.45) is 4.36 Å². The molecule has 1 aromatic carbocycles. The molecule has 0 N–H and O–H groups in total. The molecule has 0 aliphatic heterocycles. The van der Waals surface area contributed by atoms with Gasteiger partial charge in [0.1, 0.15) is 0 Å². The van der Waals surface area contributed by atoms with Crippen molar-refractivity contribution in [2.75, 3.05) is 6.26 Å².